The first kappa shape index (κ1) is 20.0. The van der Waals surface area contributed by atoms with Crippen molar-refractivity contribution in [1.82, 2.24) is 9.62 Å². The van der Waals surface area contributed by atoms with E-state index in [-0.39, 0.29) is 40.7 Å². The van der Waals surface area contributed by atoms with Gasteiger partial charge in [-0.25, -0.2) is 13.2 Å². The van der Waals surface area contributed by atoms with Crippen molar-refractivity contribution >= 4 is 28.4 Å². The van der Waals surface area contributed by atoms with Crippen LogP contribution >= 0.6 is 12.4 Å². The van der Waals surface area contributed by atoms with Crippen LogP contribution in [0.15, 0.2) is 23.1 Å². The molecule has 2 saturated heterocycles. The zero-order chi connectivity index (χ0) is 17.3. The third kappa shape index (κ3) is 3.62. The van der Waals surface area contributed by atoms with E-state index in [1.807, 2.05) is 0 Å². The second kappa shape index (κ2) is 7.90. The van der Waals surface area contributed by atoms with Crippen LogP contribution < -0.4 is 10.1 Å². The zero-order valence-electron chi connectivity index (χ0n) is 14.2. The number of fused-ring (bicyclic) bond motifs is 2. The number of hydrogen-bond acceptors (Lipinski definition) is 6. The largest absolute Gasteiger partial charge is 0.496 e. The average molecular weight is 391 g/mol. The summed E-state index contributed by atoms with van der Waals surface area (Å²) in [6.45, 7) is 1.50. The lowest BCUT2D eigenvalue weighted by Gasteiger charge is -2.27. The highest BCUT2D eigenvalue weighted by atomic mass is 35.5. The molecule has 9 heteroatoms. The number of esters is 1. The highest BCUT2D eigenvalue weighted by Gasteiger charge is 2.43. The molecule has 0 radical (unpaired) electrons. The third-order valence-corrected chi connectivity index (χ3v) is 6.74. The second-order valence-corrected chi connectivity index (χ2v) is 7.91. The fourth-order valence-corrected chi connectivity index (χ4v) is 5.48. The van der Waals surface area contributed by atoms with E-state index < -0.39 is 16.0 Å². The van der Waals surface area contributed by atoms with Crippen LogP contribution in [-0.4, -0.2) is 58.1 Å². The smallest absolute Gasteiger partial charge is 0.341 e. The summed E-state index contributed by atoms with van der Waals surface area (Å²) < 4.78 is 37.8. The molecule has 7 nitrogen and oxygen atoms in total. The summed E-state index contributed by atoms with van der Waals surface area (Å²) in [4.78, 5) is 11.9. The number of carbonyl (C=O) groups is 1. The van der Waals surface area contributed by atoms with Gasteiger partial charge in [0.15, 0.2) is 0 Å². The molecule has 1 N–H and O–H groups in total. The number of sulfonamides is 1. The van der Waals surface area contributed by atoms with Gasteiger partial charge in [-0.05, 0) is 37.9 Å². The summed E-state index contributed by atoms with van der Waals surface area (Å²) in [6, 6.07) is 4.30. The van der Waals surface area contributed by atoms with Crippen molar-refractivity contribution in [2.45, 2.75) is 36.2 Å². The molecule has 2 heterocycles. The fraction of sp³-hybridized carbons (Fsp3) is 0.562. The van der Waals surface area contributed by atoms with E-state index in [2.05, 4.69) is 5.32 Å². The Bertz CT molecular complexity index is 726. The normalized spacial score (nSPS) is 23.4. The molecule has 0 amide bonds. The first-order valence-corrected chi connectivity index (χ1v) is 9.43. The monoisotopic (exact) mass is 390 g/mol. The lowest BCUT2D eigenvalue weighted by molar-refractivity contribution is 0.0597. The summed E-state index contributed by atoms with van der Waals surface area (Å²) in [7, 11) is -0.969. The van der Waals surface area contributed by atoms with Gasteiger partial charge in [-0.3, -0.25) is 0 Å². The summed E-state index contributed by atoms with van der Waals surface area (Å²) in [5.74, 6) is -0.363. The summed E-state index contributed by atoms with van der Waals surface area (Å²) >= 11 is 0. The Morgan fingerprint density at radius 2 is 1.92 bits per heavy atom. The minimum atomic E-state index is -3.64. The Balaban J connectivity index is 0.00000225. The molecule has 2 fully saturated rings. The van der Waals surface area contributed by atoms with Crippen LogP contribution in [0.3, 0.4) is 0 Å². The van der Waals surface area contributed by atoms with E-state index in [0.29, 0.717) is 6.54 Å². The molecule has 1 aromatic rings. The average Bonchev–Trinajstić information content (AvgIpc) is 2.87. The number of rotatable bonds is 4. The van der Waals surface area contributed by atoms with Gasteiger partial charge in [-0.2, -0.15) is 4.31 Å². The van der Waals surface area contributed by atoms with E-state index in [1.165, 1.54) is 32.4 Å². The molecular weight excluding hydrogens is 368 g/mol. The molecule has 0 aromatic heterocycles. The molecule has 1 aromatic carbocycles. The zero-order valence-corrected chi connectivity index (χ0v) is 15.9. The number of hydrogen-bond donors (Lipinski definition) is 1. The van der Waals surface area contributed by atoms with Crippen LogP contribution in [0.1, 0.15) is 29.6 Å². The predicted octanol–water partition coefficient (Wildman–Crippen LogP) is 1.42. The van der Waals surface area contributed by atoms with Crippen molar-refractivity contribution in [2.24, 2.45) is 0 Å². The Morgan fingerprint density at radius 3 is 2.60 bits per heavy atom. The number of benzene rings is 1. The lowest BCUT2D eigenvalue weighted by atomic mass is 10.1. The number of carbonyl (C=O) groups excluding carboxylic acids is 1. The maximum absolute atomic E-state index is 13.1. The first-order valence-electron chi connectivity index (χ1n) is 7.99. The van der Waals surface area contributed by atoms with Crippen molar-refractivity contribution in [3.63, 3.8) is 0 Å². The van der Waals surface area contributed by atoms with Crippen molar-refractivity contribution in [3.05, 3.63) is 23.8 Å². The molecular formula is C16H23ClN2O5S. The molecule has 25 heavy (non-hydrogen) atoms. The van der Waals surface area contributed by atoms with Crippen LogP contribution in [-0.2, 0) is 14.8 Å². The number of nitrogens with one attached hydrogen (secondary N) is 1. The molecule has 0 saturated carbocycles. The van der Waals surface area contributed by atoms with Crippen molar-refractivity contribution in [2.75, 3.05) is 27.3 Å². The van der Waals surface area contributed by atoms with Gasteiger partial charge in [-0.1, -0.05) is 0 Å². The van der Waals surface area contributed by atoms with Gasteiger partial charge in [0.2, 0.25) is 10.0 Å². The van der Waals surface area contributed by atoms with Gasteiger partial charge in [-0.15, -0.1) is 12.4 Å². The molecule has 3 rings (SSSR count). The Morgan fingerprint density at radius 1 is 1.20 bits per heavy atom. The Hall–Kier alpha value is -1.35. The maximum Gasteiger partial charge on any atom is 0.341 e. The number of methoxy groups -OCH3 is 2. The topological polar surface area (TPSA) is 84.9 Å². The maximum atomic E-state index is 13.1. The summed E-state index contributed by atoms with van der Waals surface area (Å²) in [6.07, 6.45) is 2.57. The van der Waals surface area contributed by atoms with E-state index in [0.717, 1.165) is 25.8 Å². The van der Waals surface area contributed by atoms with Crippen LogP contribution in [0.5, 0.6) is 5.75 Å². The van der Waals surface area contributed by atoms with Crippen molar-refractivity contribution in [3.8, 4) is 5.75 Å². The quantitative estimate of drug-likeness (QED) is 0.782. The van der Waals surface area contributed by atoms with Gasteiger partial charge in [0.1, 0.15) is 11.3 Å². The van der Waals surface area contributed by atoms with Gasteiger partial charge in [0.25, 0.3) is 0 Å². The van der Waals surface area contributed by atoms with Crippen molar-refractivity contribution in [1.29, 1.82) is 0 Å². The fourth-order valence-electron chi connectivity index (χ4n) is 3.56. The second-order valence-electron chi connectivity index (χ2n) is 6.07. The molecule has 140 valence electrons. The summed E-state index contributed by atoms with van der Waals surface area (Å²) in [5.41, 5.74) is 0.208. The molecule has 2 unspecified atom stereocenters. The molecule has 0 aliphatic carbocycles. The van der Waals surface area contributed by atoms with Gasteiger partial charge >= 0.3 is 5.97 Å². The standard InChI is InChI=1S/C16H22N2O5S.ClH/c1-22-15-9-13(5-6-14(15)16(19)23-2)24(20,21)18-11-3-4-12(18)10-17-8-7-11;/h5-6,9,11-12,17H,3-4,7-8,10H2,1-2H3;1H. The third-order valence-electron chi connectivity index (χ3n) is 4.74. The van der Waals surface area contributed by atoms with Crippen LogP contribution in [0.2, 0.25) is 0 Å². The van der Waals surface area contributed by atoms with Crippen molar-refractivity contribution < 1.29 is 22.7 Å². The van der Waals surface area contributed by atoms with Crippen LogP contribution in [0.25, 0.3) is 0 Å². The minimum Gasteiger partial charge on any atom is -0.496 e. The number of halogens is 1. The molecule has 2 atom stereocenters. The Labute approximate surface area is 154 Å². The van der Waals surface area contributed by atoms with Gasteiger partial charge in [0, 0.05) is 24.7 Å². The minimum absolute atomic E-state index is 0. The van der Waals surface area contributed by atoms with Gasteiger partial charge < -0.3 is 14.8 Å². The van der Waals surface area contributed by atoms with E-state index >= 15 is 0 Å². The van der Waals surface area contributed by atoms with Crippen LogP contribution in [0, 0.1) is 0 Å². The Kier molecular flexibility index (Phi) is 6.31. The predicted molar refractivity (Wildman–Crippen MR) is 94.9 cm³/mol. The number of nitrogens with zero attached hydrogens (tertiary/aromatic N) is 1. The first-order chi connectivity index (χ1) is 11.5. The highest BCUT2D eigenvalue weighted by Crippen LogP contribution is 2.35. The lowest BCUT2D eigenvalue weighted by Crippen LogP contribution is -2.42. The molecule has 2 aliphatic heterocycles. The van der Waals surface area contributed by atoms with E-state index in [4.69, 9.17) is 9.47 Å². The highest BCUT2D eigenvalue weighted by molar-refractivity contribution is 7.89. The molecule has 2 bridgehead atoms. The molecule has 0 spiro atoms. The summed E-state index contributed by atoms with van der Waals surface area (Å²) in [5, 5.41) is 3.29. The molecule has 2 aliphatic rings. The van der Waals surface area contributed by atoms with Gasteiger partial charge in [0.05, 0.1) is 19.1 Å². The van der Waals surface area contributed by atoms with E-state index in [9.17, 15) is 13.2 Å². The van der Waals surface area contributed by atoms with Crippen LogP contribution in [0.4, 0.5) is 0 Å². The number of ether oxygens (including phenoxy) is 2. The SMILES string of the molecule is COC(=O)c1ccc(S(=O)(=O)N2C3CCNCC2CC3)cc1OC.Cl. The van der Waals surface area contributed by atoms with E-state index in [1.54, 1.807) is 4.31 Å².